The van der Waals surface area contributed by atoms with Crippen molar-refractivity contribution in [3.8, 4) is 17.9 Å². The molecule has 1 aromatic carbocycles. The summed E-state index contributed by atoms with van der Waals surface area (Å²) in [6.45, 7) is 3.64. The molecule has 0 bridgehead atoms. The van der Waals surface area contributed by atoms with E-state index in [1.165, 1.54) is 0 Å². The van der Waals surface area contributed by atoms with E-state index in [9.17, 15) is 0 Å². The topological polar surface area (TPSA) is 62.7 Å². The van der Waals surface area contributed by atoms with Gasteiger partial charge in [-0.3, -0.25) is 0 Å². The molecular weight excluding hydrogens is 222 g/mol. The highest BCUT2D eigenvalue weighted by Gasteiger charge is 2.07. The van der Waals surface area contributed by atoms with Crippen LogP contribution in [0.1, 0.15) is 25.1 Å². The normalized spacial score (nSPS) is 10.6. The van der Waals surface area contributed by atoms with E-state index in [1.807, 2.05) is 44.2 Å². The van der Waals surface area contributed by atoms with Gasteiger partial charge in [0.2, 0.25) is 0 Å². The standard InChI is InChI=1S/C15H13N3/c1-15(2,17)8-7-12-9-11-5-3-4-6-13(11)18-14(12)10-16/h3-6,9H,17H2,1-2H3. The first kappa shape index (κ1) is 12.1. The van der Waals surface area contributed by atoms with Crippen LogP contribution in [0.2, 0.25) is 0 Å². The quantitative estimate of drug-likeness (QED) is 0.712. The predicted octanol–water partition coefficient (Wildman–Crippen LogP) is 2.20. The second-order valence-corrected chi connectivity index (χ2v) is 4.66. The Labute approximate surface area is 106 Å². The minimum atomic E-state index is -0.585. The van der Waals surface area contributed by atoms with E-state index in [1.54, 1.807) is 0 Å². The minimum absolute atomic E-state index is 0.338. The molecule has 0 saturated heterocycles. The third kappa shape index (κ3) is 2.66. The molecule has 0 aliphatic heterocycles. The average Bonchev–Trinajstić information content (AvgIpc) is 2.34. The Balaban J connectivity index is 2.62. The maximum absolute atomic E-state index is 9.10. The predicted molar refractivity (Wildman–Crippen MR) is 71.6 cm³/mol. The molecule has 0 unspecified atom stereocenters. The van der Waals surface area contributed by atoms with Gasteiger partial charge in [0, 0.05) is 5.39 Å². The van der Waals surface area contributed by atoms with Crippen LogP contribution in [-0.2, 0) is 0 Å². The smallest absolute Gasteiger partial charge is 0.156 e. The molecule has 0 fully saturated rings. The lowest BCUT2D eigenvalue weighted by Crippen LogP contribution is -2.29. The van der Waals surface area contributed by atoms with Crippen LogP contribution in [0.15, 0.2) is 30.3 Å². The van der Waals surface area contributed by atoms with Gasteiger partial charge in [-0.2, -0.15) is 5.26 Å². The van der Waals surface area contributed by atoms with Crippen molar-refractivity contribution >= 4 is 10.9 Å². The molecule has 0 amide bonds. The summed E-state index contributed by atoms with van der Waals surface area (Å²) >= 11 is 0. The molecule has 2 rings (SSSR count). The Kier molecular flexibility index (Phi) is 3.02. The number of nitrogens with two attached hydrogens (primary N) is 1. The summed E-state index contributed by atoms with van der Waals surface area (Å²) < 4.78 is 0. The molecule has 1 aromatic heterocycles. The van der Waals surface area contributed by atoms with E-state index < -0.39 is 5.54 Å². The Morgan fingerprint density at radius 1 is 1.28 bits per heavy atom. The summed E-state index contributed by atoms with van der Waals surface area (Å²) in [5, 5.41) is 10.1. The van der Waals surface area contributed by atoms with Gasteiger partial charge in [-0.1, -0.05) is 30.0 Å². The maximum atomic E-state index is 9.10. The van der Waals surface area contributed by atoms with Gasteiger partial charge in [0.05, 0.1) is 16.6 Å². The van der Waals surface area contributed by atoms with Crippen molar-refractivity contribution in [3.05, 3.63) is 41.6 Å². The van der Waals surface area contributed by atoms with E-state index in [4.69, 9.17) is 11.0 Å². The van der Waals surface area contributed by atoms with Gasteiger partial charge in [0.15, 0.2) is 5.69 Å². The van der Waals surface area contributed by atoms with Crippen LogP contribution in [0.3, 0.4) is 0 Å². The van der Waals surface area contributed by atoms with Crippen molar-refractivity contribution in [1.82, 2.24) is 4.98 Å². The number of para-hydroxylation sites is 1. The van der Waals surface area contributed by atoms with Crippen LogP contribution in [0.5, 0.6) is 0 Å². The van der Waals surface area contributed by atoms with E-state index in [2.05, 4.69) is 22.9 Å². The molecule has 2 N–H and O–H groups in total. The van der Waals surface area contributed by atoms with Crippen LogP contribution in [-0.4, -0.2) is 10.5 Å². The summed E-state index contributed by atoms with van der Waals surface area (Å²) in [7, 11) is 0. The number of aromatic nitrogens is 1. The summed E-state index contributed by atoms with van der Waals surface area (Å²) in [4.78, 5) is 4.29. The zero-order chi connectivity index (χ0) is 13.2. The second-order valence-electron chi connectivity index (χ2n) is 4.66. The first-order valence-electron chi connectivity index (χ1n) is 5.61. The Morgan fingerprint density at radius 2 is 2.00 bits per heavy atom. The van der Waals surface area contributed by atoms with E-state index in [0.717, 1.165) is 10.9 Å². The van der Waals surface area contributed by atoms with Gasteiger partial charge < -0.3 is 5.73 Å². The molecular formula is C15H13N3. The first-order valence-corrected chi connectivity index (χ1v) is 5.61. The fourth-order valence-corrected chi connectivity index (χ4v) is 1.52. The van der Waals surface area contributed by atoms with Crippen molar-refractivity contribution in [3.63, 3.8) is 0 Å². The van der Waals surface area contributed by atoms with E-state index >= 15 is 0 Å². The second kappa shape index (κ2) is 4.49. The summed E-state index contributed by atoms with van der Waals surface area (Å²) in [5.74, 6) is 5.85. The molecule has 0 radical (unpaired) electrons. The molecule has 18 heavy (non-hydrogen) atoms. The van der Waals surface area contributed by atoms with Crippen LogP contribution in [0.25, 0.3) is 10.9 Å². The highest BCUT2D eigenvalue weighted by atomic mass is 14.7. The van der Waals surface area contributed by atoms with Gasteiger partial charge in [0.1, 0.15) is 6.07 Å². The van der Waals surface area contributed by atoms with Crippen molar-refractivity contribution < 1.29 is 0 Å². The zero-order valence-electron chi connectivity index (χ0n) is 10.4. The van der Waals surface area contributed by atoms with Crippen molar-refractivity contribution in [2.24, 2.45) is 5.73 Å². The molecule has 2 aromatic rings. The van der Waals surface area contributed by atoms with Gasteiger partial charge in [-0.05, 0) is 26.0 Å². The minimum Gasteiger partial charge on any atom is -0.316 e. The Morgan fingerprint density at radius 3 is 2.67 bits per heavy atom. The molecule has 0 aliphatic carbocycles. The molecule has 3 nitrogen and oxygen atoms in total. The van der Waals surface area contributed by atoms with Crippen LogP contribution < -0.4 is 5.73 Å². The molecule has 3 heteroatoms. The zero-order valence-corrected chi connectivity index (χ0v) is 10.4. The Bertz CT molecular complexity index is 691. The molecule has 0 atom stereocenters. The molecule has 1 heterocycles. The summed E-state index contributed by atoms with van der Waals surface area (Å²) in [6, 6.07) is 11.6. The fraction of sp³-hybridized carbons (Fsp3) is 0.200. The van der Waals surface area contributed by atoms with E-state index in [-0.39, 0.29) is 0 Å². The number of benzene rings is 1. The number of nitriles is 1. The number of hydrogen-bond acceptors (Lipinski definition) is 3. The maximum Gasteiger partial charge on any atom is 0.156 e. The summed E-state index contributed by atoms with van der Waals surface area (Å²) in [6.07, 6.45) is 0. The monoisotopic (exact) mass is 235 g/mol. The number of pyridine rings is 1. The highest BCUT2D eigenvalue weighted by Crippen LogP contribution is 2.15. The molecule has 0 saturated carbocycles. The van der Waals surface area contributed by atoms with Crippen molar-refractivity contribution in [1.29, 1.82) is 5.26 Å². The lowest BCUT2D eigenvalue weighted by Gasteiger charge is -2.07. The first-order chi connectivity index (χ1) is 8.49. The summed E-state index contributed by atoms with van der Waals surface area (Å²) in [5.41, 5.74) is 6.98. The van der Waals surface area contributed by atoms with Gasteiger partial charge >= 0.3 is 0 Å². The molecule has 88 valence electrons. The van der Waals surface area contributed by atoms with Crippen LogP contribution >= 0.6 is 0 Å². The average molecular weight is 235 g/mol. The largest absolute Gasteiger partial charge is 0.316 e. The number of nitrogens with zero attached hydrogens (tertiary/aromatic N) is 2. The third-order valence-corrected chi connectivity index (χ3v) is 2.35. The van der Waals surface area contributed by atoms with Crippen molar-refractivity contribution in [2.75, 3.05) is 0 Å². The molecule has 0 spiro atoms. The number of fused-ring (bicyclic) bond motifs is 1. The SMILES string of the molecule is CC(C)(N)C#Cc1cc2ccccc2nc1C#N. The number of rotatable bonds is 0. The van der Waals surface area contributed by atoms with Crippen LogP contribution in [0.4, 0.5) is 0 Å². The fourth-order valence-electron chi connectivity index (χ4n) is 1.52. The molecule has 0 aliphatic rings. The van der Waals surface area contributed by atoms with Gasteiger partial charge in [0.25, 0.3) is 0 Å². The van der Waals surface area contributed by atoms with Gasteiger partial charge in [-0.25, -0.2) is 4.98 Å². The third-order valence-electron chi connectivity index (χ3n) is 2.35. The van der Waals surface area contributed by atoms with Crippen molar-refractivity contribution in [2.45, 2.75) is 19.4 Å². The highest BCUT2D eigenvalue weighted by molar-refractivity contribution is 5.81. The Hall–Kier alpha value is -2.36. The lowest BCUT2D eigenvalue weighted by atomic mass is 10.1. The lowest BCUT2D eigenvalue weighted by molar-refractivity contribution is 0.680. The van der Waals surface area contributed by atoms with Crippen LogP contribution in [0, 0.1) is 23.2 Å². The van der Waals surface area contributed by atoms with Gasteiger partial charge in [-0.15, -0.1) is 0 Å². The van der Waals surface area contributed by atoms with E-state index in [0.29, 0.717) is 11.3 Å². The number of hydrogen-bond donors (Lipinski definition) is 1.